The number of ether oxygens (including phenoxy) is 1. The van der Waals surface area contributed by atoms with E-state index in [-0.39, 0.29) is 21.7 Å². The van der Waals surface area contributed by atoms with Crippen molar-refractivity contribution in [2.24, 2.45) is 0 Å². The molecule has 0 spiro atoms. The highest BCUT2D eigenvalue weighted by atomic mass is 79.9. The Bertz CT molecular complexity index is 1150. The van der Waals surface area contributed by atoms with Gasteiger partial charge in [-0.3, -0.25) is 4.79 Å². The van der Waals surface area contributed by atoms with E-state index in [1.165, 1.54) is 6.08 Å². The van der Waals surface area contributed by atoms with E-state index in [1.54, 1.807) is 12.1 Å². The van der Waals surface area contributed by atoms with E-state index < -0.39 is 5.91 Å². The fraction of sp³-hybridized carbons (Fsp3) is 0.120. The maximum Gasteiger partial charge on any atom is 0.262 e. The molecule has 0 saturated heterocycles. The molecule has 0 saturated carbocycles. The van der Waals surface area contributed by atoms with Gasteiger partial charge >= 0.3 is 0 Å². The van der Waals surface area contributed by atoms with Crippen LogP contribution in [-0.4, -0.2) is 5.91 Å². The van der Waals surface area contributed by atoms with Crippen molar-refractivity contribution in [3.05, 3.63) is 104 Å². The molecule has 3 aromatic carbocycles. The fourth-order valence-electron chi connectivity index (χ4n) is 2.95. The average Bonchev–Trinajstić information content (AvgIpc) is 2.78. The van der Waals surface area contributed by atoms with Gasteiger partial charge in [-0.1, -0.05) is 81.6 Å². The number of benzene rings is 3. The molecule has 0 fully saturated rings. The molecule has 3 aromatic rings. The molecule has 0 aliphatic rings. The molecule has 1 amide bonds. The number of rotatable bonds is 7. The van der Waals surface area contributed by atoms with E-state index in [4.69, 9.17) is 27.9 Å². The highest BCUT2D eigenvalue weighted by molar-refractivity contribution is 9.10. The zero-order valence-corrected chi connectivity index (χ0v) is 20.2. The van der Waals surface area contributed by atoms with E-state index >= 15 is 0 Å². The molecule has 3 rings (SSSR count). The van der Waals surface area contributed by atoms with Gasteiger partial charge in [0.25, 0.3) is 5.91 Å². The molecular weight excluding hydrogens is 511 g/mol. The SMILES string of the molecule is C[C@@H](NC(=O)/C(C#N)=C\c1cc(Cl)c(OCc2ccc(Br)cc2)c(Cl)c1)c1ccccc1. The lowest BCUT2D eigenvalue weighted by Gasteiger charge is -2.14. The number of nitrogens with zero attached hydrogens (tertiary/aromatic N) is 1. The lowest BCUT2D eigenvalue weighted by atomic mass is 10.1. The second-order valence-electron chi connectivity index (χ2n) is 7.00. The minimum Gasteiger partial charge on any atom is -0.486 e. The first kappa shape index (κ1) is 23.9. The van der Waals surface area contributed by atoms with Gasteiger partial charge in [0.15, 0.2) is 5.75 Å². The van der Waals surface area contributed by atoms with Crippen LogP contribution in [0.5, 0.6) is 5.75 Å². The van der Waals surface area contributed by atoms with Crippen molar-refractivity contribution in [1.82, 2.24) is 5.32 Å². The van der Waals surface area contributed by atoms with Crippen LogP contribution in [0.15, 0.2) is 76.8 Å². The van der Waals surface area contributed by atoms with Crippen LogP contribution < -0.4 is 10.1 Å². The molecule has 0 aliphatic carbocycles. The fourth-order valence-corrected chi connectivity index (χ4v) is 3.83. The van der Waals surface area contributed by atoms with Crippen LogP contribution in [0.25, 0.3) is 6.08 Å². The van der Waals surface area contributed by atoms with Crippen LogP contribution in [-0.2, 0) is 11.4 Å². The monoisotopic (exact) mass is 528 g/mol. The van der Waals surface area contributed by atoms with Crippen LogP contribution in [0.3, 0.4) is 0 Å². The largest absolute Gasteiger partial charge is 0.486 e. The molecule has 7 heteroatoms. The van der Waals surface area contributed by atoms with E-state index in [0.717, 1.165) is 15.6 Å². The Hall–Kier alpha value is -2.78. The van der Waals surface area contributed by atoms with Gasteiger partial charge in [0, 0.05) is 4.47 Å². The molecule has 4 nitrogen and oxygen atoms in total. The zero-order chi connectivity index (χ0) is 23.1. The minimum atomic E-state index is -0.480. The molecule has 0 radical (unpaired) electrons. The Morgan fingerprint density at radius 2 is 1.75 bits per heavy atom. The normalized spacial score (nSPS) is 12.0. The molecule has 0 unspecified atom stereocenters. The predicted molar refractivity (Wildman–Crippen MR) is 132 cm³/mol. The van der Waals surface area contributed by atoms with Crippen molar-refractivity contribution in [2.45, 2.75) is 19.6 Å². The highest BCUT2D eigenvalue weighted by Crippen LogP contribution is 2.35. The Kier molecular flexibility index (Phi) is 8.35. The van der Waals surface area contributed by atoms with E-state index in [2.05, 4.69) is 21.2 Å². The van der Waals surface area contributed by atoms with Crippen molar-refractivity contribution >= 4 is 51.1 Å². The number of carbonyl (C=O) groups excluding carboxylic acids is 1. The number of hydrogen-bond donors (Lipinski definition) is 1. The number of hydrogen-bond acceptors (Lipinski definition) is 3. The smallest absolute Gasteiger partial charge is 0.262 e. The van der Waals surface area contributed by atoms with Crippen molar-refractivity contribution in [1.29, 1.82) is 5.26 Å². The first-order valence-corrected chi connectivity index (χ1v) is 11.3. The summed E-state index contributed by atoms with van der Waals surface area (Å²) in [4.78, 5) is 12.6. The third-order valence-corrected chi connectivity index (χ3v) is 5.73. The van der Waals surface area contributed by atoms with Crippen molar-refractivity contribution in [3.63, 3.8) is 0 Å². The third kappa shape index (κ3) is 6.37. The van der Waals surface area contributed by atoms with Gasteiger partial charge in [0.2, 0.25) is 0 Å². The van der Waals surface area contributed by atoms with Gasteiger partial charge in [0.05, 0.1) is 16.1 Å². The molecule has 1 N–H and O–H groups in total. The molecule has 0 aliphatic heterocycles. The van der Waals surface area contributed by atoms with Crippen LogP contribution >= 0.6 is 39.1 Å². The van der Waals surface area contributed by atoms with Crippen molar-refractivity contribution in [3.8, 4) is 11.8 Å². The zero-order valence-electron chi connectivity index (χ0n) is 17.1. The van der Waals surface area contributed by atoms with Gasteiger partial charge in [-0.05, 0) is 54.0 Å². The van der Waals surface area contributed by atoms with Gasteiger partial charge < -0.3 is 10.1 Å². The number of amides is 1. The van der Waals surface area contributed by atoms with Gasteiger partial charge in [-0.15, -0.1) is 0 Å². The van der Waals surface area contributed by atoms with Gasteiger partial charge in [0.1, 0.15) is 18.2 Å². The summed E-state index contributed by atoms with van der Waals surface area (Å²) in [6, 6.07) is 22.1. The van der Waals surface area contributed by atoms with Crippen LogP contribution in [0.2, 0.25) is 10.0 Å². The second-order valence-corrected chi connectivity index (χ2v) is 8.73. The van der Waals surface area contributed by atoms with E-state index in [0.29, 0.717) is 17.9 Å². The lowest BCUT2D eigenvalue weighted by Crippen LogP contribution is -2.27. The first-order valence-electron chi connectivity index (χ1n) is 9.71. The van der Waals surface area contributed by atoms with Gasteiger partial charge in [-0.25, -0.2) is 0 Å². The molecule has 162 valence electrons. The maximum atomic E-state index is 12.6. The Morgan fingerprint density at radius 3 is 2.34 bits per heavy atom. The predicted octanol–water partition coefficient (Wildman–Crippen LogP) is 7.12. The summed E-state index contributed by atoms with van der Waals surface area (Å²) in [5, 5.41) is 12.9. The molecule has 0 bridgehead atoms. The number of halogens is 3. The topological polar surface area (TPSA) is 62.1 Å². The Balaban J connectivity index is 1.74. The summed E-state index contributed by atoms with van der Waals surface area (Å²) < 4.78 is 6.76. The molecule has 1 atom stereocenters. The summed E-state index contributed by atoms with van der Waals surface area (Å²) >= 11 is 16.1. The molecule has 32 heavy (non-hydrogen) atoms. The Labute approximate surface area is 205 Å². The number of nitrogens with one attached hydrogen (secondary N) is 1. The lowest BCUT2D eigenvalue weighted by molar-refractivity contribution is -0.117. The Morgan fingerprint density at radius 1 is 1.12 bits per heavy atom. The summed E-state index contributed by atoms with van der Waals surface area (Å²) in [5.74, 6) is -0.138. The van der Waals surface area contributed by atoms with Gasteiger partial charge in [-0.2, -0.15) is 5.26 Å². The third-order valence-electron chi connectivity index (χ3n) is 4.64. The van der Waals surface area contributed by atoms with E-state index in [1.807, 2.05) is 67.6 Å². The van der Waals surface area contributed by atoms with E-state index in [9.17, 15) is 10.1 Å². The van der Waals surface area contributed by atoms with Crippen molar-refractivity contribution in [2.75, 3.05) is 0 Å². The first-order chi connectivity index (χ1) is 15.4. The maximum absolute atomic E-state index is 12.6. The second kappa shape index (κ2) is 11.2. The molecule has 0 aromatic heterocycles. The molecule has 0 heterocycles. The van der Waals surface area contributed by atoms with Crippen LogP contribution in [0.1, 0.15) is 29.7 Å². The van der Waals surface area contributed by atoms with Crippen molar-refractivity contribution < 1.29 is 9.53 Å². The van der Waals surface area contributed by atoms with Crippen LogP contribution in [0, 0.1) is 11.3 Å². The quantitative estimate of drug-likeness (QED) is 0.262. The summed E-state index contributed by atoms with van der Waals surface area (Å²) in [5.41, 5.74) is 2.37. The minimum absolute atomic E-state index is 0.0524. The summed E-state index contributed by atoms with van der Waals surface area (Å²) in [7, 11) is 0. The number of nitriles is 1. The summed E-state index contributed by atoms with van der Waals surface area (Å²) in [6.07, 6.45) is 1.45. The van der Waals surface area contributed by atoms with Crippen LogP contribution in [0.4, 0.5) is 0 Å². The summed E-state index contributed by atoms with van der Waals surface area (Å²) in [6.45, 7) is 2.15. The average molecular weight is 530 g/mol. The number of carbonyl (C=O) groups is 1. The highest BCUT2D eigenvalue weighted by Gasteiger charge is 2.15. The molecular formula is C25H19BrCl2N2O2. The standard InChI is InChI=1S/C25H19BrCl2N2O2/c1-16(19-5-3-2-4-6-19)30-25(31)20(14-29)11-18-12-22(27)24(23(28)13-18)32-15-17-7-9-21(26)10-8-17/h2-13,16H,15H2,1H3,(H,30,31)/b20-11-/t16-/m1/s1.